The summed E-state index contributed by atoms with van der Waals surface area (Å²) in [5, 5.41) is 10.4. The number of nitrogens with one attached hydrogen (secondary N) is 1. The summed E-state index contributed by atoms with van der Waals surface area (Å²) in [7, 11) is 3.00. The van der Waals surface area contributed by atoms with Crippen LogP contribution in [0.5, 0.6) is 5.75 Å². The zero-order chi connectivity index (χ0) is 20.3. The highest BCUT2D eigenvalue weighted by atomic mass is 19.4. The van der Waals surface area contributed by atoms with Crippen LogP contribution in [0.4, 0.5) is 19.0 Å². The summed E-state index contributed by atoms with van der Waals surface area (Å²) in [6, 6.07) is 5.57. The molecular weight excluding hydrogens is 373 g/mol. The first kappa shape index (κ1) is 19.9. The SMILES string of the molecule is CNc1cc(C(=O)N2CCCC(c3ccc(OC)cc3C(F)(F)F)C2)cnn1. The van der Waals surface area contributed by atoms with E-state index in [4.69, 9.17) is 4.74 Å². The van der Waals surface area contributed by atoms with E-state index >= 15 is 0 Å². The number of piperidine rings is 1. The van der Waals surface area contributed by atoms with E-state index < -0.39 is 17.7 Å². The molecule has 1 aromatic carbocycles. The molecule has 1 saturated heterocycles. The number of anilines is 1. The van der Waals surface area contributed by atoms with Gasteiger partial charge in [-0.2, -0.15) is 18.3 Å². The Bertz CT molecular complexity index is 857. The fourth-order valence-electron chi connectivity index (χ4n) is 3.47. The van der Waals surface area contributed by atoms with Crippen LogP contribution in [0.2, 0.25) is 0 Å². The standard InChI is InChI=1S/C19H21F3N4O2/c1-23-17-8-13(10-24-25-17)18(27)26-7-3-4-12(11-26)15-6-5-14(28-2)9-16(15)19(20,21)22/h5-6,8-10,12H,3-4,7,11H2,1-2H3,(H,23,25). The van der Waals surface area contributed by atoms with Crippen molar-refractivity contribution in [3.8, 4) is 5.75 Å². The van der Waals surface area contributed by atoms with E-state index in [0.717, 1.165) is 6.07 Å². The molecule has 6 nitrogen and oxygen atoms in total. The van der Waals surface area contributed by atoms with Gasteiger partial charge >= 0.3 is 6.18 Å². The summed E-state index contributed by atoms with van der Waals surface area (Å²) in [5.74, 6) is -0.0619. The molecule has 0 aliphatic carbocycles. The highest BCUT2D eigenvalue weighted by molar-refractivity contribution is 5.94. The molecule has 1 amide bonds. The maximum absolute atomic E-state index is 13.6. The molecule has 0 radical (unpaired) electrons. The quantitative estimate of drug-likeness (QED) is 0.859. The molecule has 1 N–H and O–H groups in total. The predicted octanol–water partition coefficient (Wildman–Crippen LogP) is 3.57. The lowest BCUT2D eigenvalue weighted by Gasteiger charge is -2.34. The number of ether oxygens (including phenoxy) is 1. The summed E-state index contributed by atoms with van der Waals surface area (Å²) < 4.78 is 45.6. The zero-order valence-electron chi connectivity index (χ0n) is 15.6. The largest absolute Gasteiger partial charge is 0.497 e. The second-order valence-electron chi connectivity index (χ2n) is 6.62. The lowest BCUT2D eigenvalue weighted by Crippen LogP contribution is -2.39. The fourth-order valence-corrected chi connectivity index (χ4v) is 3.47. The Morgan fingerprint density at radius 1 is 1.32 bits per heavy atom. The summed E-state index contributed by atoms with van der Waals surface area (Å²) in [6.07, 6.45) is -1.93. The Morgan fingerprint density at radius 2 is 2.11 bits per heavy atom. The molecule has 0 saturated carbocycles. The molecule has 2 heterocycles. The van der Waals surface area contributed by atoms with Crippen molar-refractivity contribution in [2.24, 2.45) is 0 Å². The summed E-state index contributed by atoms with van der Waals surface area (Å²) in [5.41, 5.74) is -0.172. The Labute approximate surface area is 160 Å². The Hall–Kier alpha value is -2.84. The number of halogens is 3. The van der Waals surface area contributed by atoms with Crippen LogP contribution in [0.3, 0.4) is 0 Å². The molecular formula is C19H21F3N4O2. The number of hydrogen-bond donors (Lipinski definition) is 1. The van der Waals surface area contributed by atoms with Crippen LogP contribution in [-0.2, 0) is 6.18 Å². The molecule has 1 atom stereocenters. The normalized spacial score (nSPS) is 17.3. The molecule has 1 aromatic heterocycles. The second-order valence-corrected chi connectivity index (χ2v) is 6.62. The molecule has 3 rings (SSSR count). The van der Waals surface area contributed by atoms with Gasteiger partial charge in [0.05, 0.1) is 24.4 Å². The second kappa shape index (κ2) is 8.04. The number of amides is 1. The first-order chi connectivity index (χ1) is 13.3. The molecule has 1 fully saturated rings. The number of alkyl halides is 3. The molecule has 1 aliphatic rings. The van der Waals surface area contributed by atoms with Crippen molar-refractivity contribution in [2.45, 2.75) is 24.9 Å². The van der Waals surface area contributed by atoms with Crippen molar-refractivity contribution in [1.82, 2.24) is 15.1 Å². The van der Waals surface area contributed by atoms with E-state index in [2.05, 4.69) is 15.5 Å². The van der Waals surface area contributed by atoms with E-state index in [9.17, 15) is 18.0 Å². The summed E-state index contributed by atoms with van der Waals surface area (Å²) >= 11 is 0. The lowest BCUT2D eigenvalue weighted by molar-refractivity contribution is -0.138. The van der Waals surface area contributed by atoms with Gasteiger partial charge in [-0.15, -0.1) is 5.10 Å². The monoisotopic (exact) mass is 394 g/mol. The summed E-state index contributed by atoms with van der Waals surface area (Å²) in [6.45, 7) is 0.704. The van der Waals surface area contributed by atoms with Crippen LogP contribution in [0.25, 0.3) is 0 Å². The maximum atomic E-state index is 13.6. The predicted molar refractivity (Wildman–Crippen MR) is 97.5 cm³/mol. The van der Waals surface area contributed by atoms with E-state index in [-0.39, 0.29) is 23.8 Å². The number of methoxy groups -OCH3 is 1. The zero-order valence-corrected chi connectivity index (χ0v) is 15.6. The fraction of sp³-hybridized carbons (Fsp3) is 0.421. The van der Waals surface area contributed by atoms with Gasteiger partial charge in [0, 0.05) is 26.1 Å². The minimum Gasteiger partial charge on any atom is -0.497 e. The molecule has 0 spiro atoms. The minimum atomic E-state index is -4.49. The van der Waals surface area contributed by atoms with Crippen molar-refractivity contribution in [3.05, 3.63) is 47.2 Å². The average Bonchev–Trinajstić information content (AvgIpc) is 2.72. The van der Waals surface area contributed by atoms with Crippen LogP contribution < -0.4 is 10.1 Å². The molecule has 1 unspecified atom stereocenters. The first-order valence-corrected chi connectivity index (χ1v) is 8.88. The Kier molecular flexibility index (Phi) is 5.71. The number of rotatable bonds is 4. The molecule has 2 aromatic rings. The van der Waals surface area contributed by atoms with Crippen molar-refractivity contribution < 1.29 is 22.7 Å². The van der Waals surface area contributed by atoms with Crippen LogP contribution in [0.15, 0.2) is 30.5 Å². The van der Waals surface area contributed by atoms with Gasteiger partial charge < -0.3 is 15.0 Å². The highest BCUT2D eigenvalue weighted by Gasteiger charge is 2.37. The van der Waals surface area contributed by atoms with Crippen molar-refractivity contribution in [2.75, 3.05) is 32.6 Å². The molecule has 0 bridgehead atoms. The van der Waals surface area contributed by atoms with Gasteiger partial charge in [0.15, 0.2) is 0 Å². The number of hydrogen-bond acceptors (Lipinski definition) is 5. The molecule has 28 heavy (non-hydrogen) atoms. The molecule has 9 heteroatoms. The van der Waals surface area contributed by atoms with Crippen molar-refractivity contribution >= 4 is 11.7 Å². The van der Waals surface area contributed by atoms with Gasteiger partial charge in [-0.1, -0.05) is 6.07 Å². The van der Waals surface area contributed by atoms with E-state index in [1.165, 1.54) is 25.4 Å². The van der Waals surface area contributed by atoms with Crippen molar-refractivity contribution in [3.63, 3.8) is 0 Å². The van der Waals surface area contributed by atoms with Gasteiger partial charge in [-0.05, 0) is 36.6 Å². The van der Waals surface area contributed by atoms with E-state index in [1.807, 2.05) is 0 Å². The van der Waals surface area contributed by atoms with Crippen LogP contribution >= 0.6 is 0 Å². The van der Waals surface area contributed by atoms with Gasteiger partial charge in [0.1, 0.15) is 11.6 Å². The topological polar surface area (TPSA) is 67.4 Å². The third-order valence-corrected chi connectivity index (χ3v) is 4.87. The number of likely N-dealkylation sites (tertiary alicyclic amines) is 1. The molecule has 1 aliphatic heterocycles. The number of carbonyl (C=O) groups is 1. The van der Waals surface area contributed by atoms with Gasteiger partial charge in [-0.25, -0.2) is 0 Å². The third kappa shape index (κ3) is 4.18. The van der Waals surface area contributed by atoms with Gasteiger partial charge in [0.2, 0.25) is 0 Å². The van der Waals surface area contributed by atoms with E-state index in [0.29, 0.717) is 30.8 Å². The Balaban J connectivity index is 1.86. The number of benzene rings is 1. The van der Waals surface area contributed by atoms with E-state index in [1.54, 1.807) is 18.0 Å². The van der Waals surface area contributed by atoms with Crippen LogP contribution in [0, 0.1) is 0 Å². The third-order valence-electron chi connectivity index (χ3n) is 4.87. The van der Waals surface area contributed by atoms with Crippen molar-refractivity contribution in [1.29, 1.82) is 0 Å². The highest BCUT2D eigenvalue weighted by Crippen LogP contribution is 2.40. The van der Waals surface area contributed by atoms with Gasteiger partial charge in [-0.3, -0.25) is 4.79 Å². The smallest absolute Gasteiger partial charge is 0.416 e. The maximum Gasteiger partial charge on any atom is 0.416 e. The number of nitrogens with zero attached hydrogens (tertiary/aromatic N) is 3. The number of carbonyl (C=O) groups excluding carboxylic acids is 1. The van der Waals surface area contributed by atoms with Gasteiger partial charge in [0.25, 0.3) is 5.91 Å². The average molecular weight is 394 g/mol. The van der Waals surface area contributed by atoms with Crippen LogP contribution in [0.1, 0.15) is 40.2 Å². The Morgan fingerprint density at radius 3 is 2.79 bits per heavy atom. The first-order valence-electron chi connectivity index (χ1n) is 8.88. The number of aromatic nitrogens is 2. The molecule has 150 valence electrons. The van der Waals surface area contributed by atoms with Crippen LogP contribution in [-0.4, -0.2) is 48.3 Å². The minimum absolute atomic E-state index is 0.155. The lowest BCUT2D eigenvalue weighted by atomic mass is 9.87. The summed E-state index contributed by atoms with van der Waals surface area (Å²) in [4.78, 5) is 14.4.